The summed E-state index contributed by atoms with van der Waals surface area (Å²) < 4.78 is 51.2. The number of rotatable bonds is 9. The molecule has 9 nitrogen and oxygen atoms in total. The van der Waals surface area contributed by atoms with Gasteiger partial charge in [0.25, 0.3) is 0 Å². The molecule has 3 aromatic rings. The van der Waals surface area contributed by atoms with E-state index in [0.29, 0.717) is 5.56 Å². The molecule has 1 heterocycles. The fraction of sp³-hybridized carbons (Fsp3) is 0.400. The van der Waals surface area contributed by atoms with Gasteiger partial charge in [-0.1, -0.05) is 72.3 Å². The van der Waals surface area contributed by atoms with Crippen molar-refractivity contribution >= 4 is 23.9 Å². The van der Waals surface area contributed by atoms with E-state index in [1.807, 2.05) is 55.5 Å². The topological polar surface area (TPSA) is 96.5 Å². The molecule has 1 aliphatic heterocycles. The molecule has 12 heteroatoms. The highest BCUT2D eigenvalue weighted by atomic mass is 19.4. The number of nitrogens with zero attached hydrogens (tertiary/aromatic N) is 3. The Morgan fingerprint density at radius 2 is 1.48 bits per heavy atom. The predicted octanol–water partition coefficient (Wildman–Crippen LogP) is 6.84. The average molecular weight is 720 g/mol. The molecule has 0 N–H and O–H groups in total. The van der Waals surface area contributed by atoms with E-state index in [9.17, 15) is 32.3 Å². The lowest BCUT2D eigenvalue weighted by Gasteiger charge is -2.36. The van der Waals surface area contributed by atoms with Gasteiger partial charge in [-0.05, 0) is 74.1 Å². The second-order valence-corrected chi connectivity index (χ2v) is 14.4. The van der Waals surface area contributed by atoms with Gasteiger partial charge in [0.05, 0.1) is 5.56 Å². The van der Waals surface area contributed by atoms with E-state index in [-0.39, 0.29) is 31.9 Å². The molecule has 0 fully saturated rings. The molecule has 0 saturated carbocycles. The number of fused-ring (bicyclic) bond motifs is 3. The van der Waals surface area contributed by atoms with Crippen LogP contribution in [0.15, 0.2) is 84.4 Å². The lowest BCUT2D eigenvalue weighted by Crippen LogP contribution is -2.57. The molecule has 0 saturated heterocycles. The number of likely N-dealkylation sites (N-methyl/N-ethyl adjacent to an activating group) is 2. The summed E-state index contributed by atoms with van der Waals surface area (Å²) in [6.07, 6.45) is -3.46. The second-order valence-electron chi connectivity index (χ2n) is 14.4. The zero-order valence-electron chi connectivity index (χ0n) is 30.2. The Morgan fingerprint density at radius 3 is 2.04 bits per heavy atom. The fourth-order valence-electron chi connectivity index (χ4n) is 6.70. The van der Waals surface area contributed by atoms with Crippen LogP contribution in [0.2, 0.25) is 0 Å². The van der Waals surface area contributed by atoms with E-state index in [4.69, 9.17) is 9.47 Å². The van der Waals surface area contributed by atoms with E-state index in [0.717, 1.165) is 44.9 Å². The first kappa shape index (κ1) is 38.1. The van der Waals surface area contributed by atoms with Crippen molar-refractivity contribution in [3.8, 4) is 11.1 Å². The molecule has 3 amide bonds. The normalized spacial score (nSPS) is 16.6. The first-order valence-corrected chi connectivity index (χ1v) is 17.1. The maximum absolute atomic E-state index is 14.4. The van der Waals surface area contributed by atoms with E-state index in [1.54, 1.807) is 26.8 Å². The molecule has 2 aliphatic rings. The third kappa shape index (κ3) is 8.66. The second kappa shape index (κ2) is 15.2. The van der Waals surface area contributed by atoms with Crippen LogP contribution >= 0.6 is 0 Å². The van der Waals surface area contributed by atoms with Crippen LogP contribution in [0.1, 0.15) is 62.3 Å². The van der Waals surface area contributed by atoms with Gasteiger partial charge >= 0.3 is 18.2 Å². The Bertz CT molecular complexity index is 1800. The van der Waals surface area contributed by atoms with Crippen LogP contribution in [0, 0.1) is 0 Å². The number of ether oxygens (including phenoxy) is 2. The Kier molecular flexibility index (Phi) is 11.2. The maximum atomic E-state index is 14.4. The minimum atomic E-state index is -4.55. The van der Waals surface area contributed by atoms with Crippen LogP contribution in [0.5, 0.6) is 0 Å². The van der Waals surface area contributed by atoms with Crippen LogP contribution in [0.3, 0.4) is 0 Å². The van der Waals surface area contributed by atoms with E-state index < -0.39 is 59.8 Å². The van der Waals surface area contributed by atoms with Crippen LogP contribution in [-0.2, 0) is 36.5 Å². The van der Waals surface area contributed by atoms with Gasteiger partial charge in [-0.2, -0.15) is 13.2 Å². The van der Waals surface area contributed by atoms with E-state index in [2.05, 4.69) is 0 Å². The van der Waals surface area contributed by atoms with E-state index in [1.165, 1.54) is 36.0 Å². The summed E-state index contributed by atoms with van der Waals surface area (Å²) in [5.41, 5.74) is 3.73. The van der Waals surface area contributed by atoms with Gasteiger partial charge in [0.1, 0.15) is 30.8 Å². The zero-order chi connectivity index (χ0) is 38.0. The lowest BCUT2D eigenvalue weighted by atomic mass is 9.98. The van der Waals surface area contributed by atoms with Crippen molar-refractivity contribution in [3.63, 3.8) is 0 Å². The third-order valence-electron chi connectivity index (χ3n) is 9.35. The Hall–Kier alpha value is -5.13. The predicted molar refractivity (Wildman–Crippen MR) is 189 cm³/mol. The van der Waals surface area contributed by atoms with Gasteiger partial charge < -0.3 is 19.3 Å². The van der Waals surface area contributed by atoms with Crippen LogP contribution < -0.4 is 0 Å². The first-order valence-electron chi connectivity index (χ1n) is 17.1. The summed E-state index contributed by atoms with van der Waals surface area (Å²) in [7, 11) is 2.87. The largest absolute Gasteiger partial charge is 0.459 e. The number of esters is 1. The highest BCUT2D eigenvalue weighted by molar-refractivity contribution is 5.93. The smallest absolute Gasteiger partial charge is 0.416 e. The number of amides is 3. The summed E-state index contributed by atoms with van der Waals surface area (Å²) in [4.78, 5) is 58.5. The molecule has 0 unspecified atom stereocenters. The third-order valence-corrected chi connectivity index (χ3v) is 9.35. The Morgan fingerprint density at radius 1 is 0.904 bits per heavy atom. The van der Waals surface area contributed by atoms with Gasteiger partial charge in [0.2, 0.25) is 11.8 Å². The van der Waals surface area contributed by atoms with Crippen molar-refractivity contribution < 1.29 is 41.8 Å². The highest BCUT2D eigenvalue weighted by Gasteiger charge is 2.40. The van der Waals surface area contributed by atoms with Gasteiger partial charge in [-0.25, -0.2) is 4.79 Å². The van der Waals surface area contributed by atoms with Crippen LogP contribution in [0.25, 0.3) is 11.1 Å². The number of carbonyl (C=O) groups excluding carboxylic acids is 4. The number of alkyl halides is 3. The van der Waals surface area contributed by atoms with Crippen molar-refractivity contribution in [2.45, 2.75) is 70.3 Å². The van der Waals surface area contributed by atoms with Gasteiger partial charge in [0, 0.05) is 33.0 Å². The molecule has 52 heavy (non-hydrogen) atoms. The molecule has 0 spiro atoms. The Balaban J connectivity index is 1.38. The number of carbonyl (C=O) groups is 4. The van der Waals surface area contributed by atoms with Crippen molar-refractivity contribution in [3.05, 3.63) is 107 Å². The lowest BCUT2D eigenvalue weighted by molar-refractivity contribution is -0.159. The minimum Gasteiger partial charge on any atom is -0.459 e. The number of halogens is 3. The Labute approximate surface area is 302 Å². The van der Waals surface area contributed by atoms with Crippen molar-refractivity contribution in [1.29, 1.82) is 0 Å². The van der Waals surface area contributed by atoms with Gasteiger partial charge in [0.15, 0.2) is 0 Å². The summed E-state index contributed by atoms with van der Waals surface area (Å²) in [6.45, 7) is 6.52. The molecule has 276 valence electrons. The summed E-state index contributed by atoms with van der Waals surface area (Å²) in [5.74, 6) is -2.02. The fourth-order valence-corrected chi connectivity index (χ4v) is 6.70. The zero-order valence-corrected chi connectivity index (χ0v) is 30.2. The maximum Gasteiger partial charge on any atom is 0.416 e. The molecular formula is C40H44F3N3O6. The van der Waals surface area contributed by atoms with Crippen LogP contribution in [-0.4, -0.2) is 90.1 Å². The highest BCUT2D eigenvalue weighted by Crippen LogP contribution is 2.44. The minimum absolute atomic E-state index is 0.00296. The monoisotopic (exact) mass is 719 g/mol. The SMILES string of the molecule is CC1=CCN([C@@H](Cc2ccc(C(F)(F)F)cc2)C(=O)N(C)CC(=O)OC(C)(C)C)C(=O)[C@@H](N(C)C(=O)OCC2c3ccccc3-c3ccccc32)C1. The number of hydrogen-bond acceptors (Lipinski definition) is 6. The standard InChI is InChI=1S/C40H44F3N3O6/c1-25-19-20-46(34(22-26-15-17-27(18-16-26)40(41,42)43)36(48)44(5)23-35(47)52-39(2,3)4)37(49)33(21-25)45(6)38(50)51-24-32-30-13-9-7-11-28(30)29-12-8-10-14-31(29)32/h7-19,32-34H,20-24H2,1-6H3/t33-,34-/m0/s1. The quantitative estimate of drug-likeness (QED) is 0.178. The van der Waals surface area contributed by atoms with Crippen molar-refractivity contribution in [2.24, 2.45) is 0 Å². The first-order chi connectivity index (χ1) is 24.4. The molecule has 0 radical (unpaired) electrons. The summed E-state index contributed by atoms with van der Waals surface area (Å²) in [5, 5.41) is 0. The number of benzene rings is 3. The average Bonchev–Trinajstić information content (AvgIpc) is 3.32. The van der Waals surface area contributed by atoms with Gasteiger partial charge in [-0.3, -0.25) is 19.3 Å². The summed E-state index contributed by atoms with van der Waals surface area (Å²) >= 11 is 0. The van der Waals surface area contributed by atoms with Gasteiger partial charge in [-0.15, -0.1) is 0 Å². The molecule has 3 aromatic carbocycles. The van der Waals surface area contributed by atoms with E-state index >= 15 is 0 Å². The summed E-state index contributed by atoms with van der Waals surface area (Å²) in [6, 6.07) is 18.0. The molecule has 1 aliphatic carbocycles. The van der Waals surface area contributed by atoms with Crippen molar-refractivity contribution in [2.75, 3.05) is 33.8 Å². The molecule has 0 aromatic heterocycles. The molecular weight excluding hydrogens is 675 g/mol. The molecule has 0 bridgehead atoms. The number of hydrogen-bond donors (Lipinski definition) is 0. The molecule has 2 atom stereocenters. The van der Waals surface area contributed by atoms with Crippen molar-refractivity contribution in [1.82, 2.24) is 14.7 Å². The van der Waals surface area contributed by atoms with Crippen LogP contribution in [0.4, 0.5) is 18.0 Å². The molecule has 5 rings (SSSR count).